The van der Waals surface area contributed by atoms with Crippen LogP contribution in [-0.4, -0.2) is 35.3 Å². The van der Waals surface area contributed by atoms with Gasteiger partial charge in [0.25, 0.3) is 0 Å². The lowest BCUT2D eigenvalue weighted by molar-refractivity contribution is 0.104. The number of benzene rings is 1. The molecule has 2 heterocycles. The number of amides is 1. The van der Waals surface area contributed by atoms with Crippen molar-refractivity contribution in [3.63, 3.8) is 0 Å². The van der Waals surface area contributed by atoms with Crippen molar-refractivity contribution in [1.82, 2.24) is 9.47 Å². The van der Waals surface area contributed by atoms with E-state index in [0.717, 1.165) is 25.9 Å². The Morgan fingerprint density at radius 3 is 2.76 bits per heavy atom. The number of hydrogen-bond acceptors (Lipinski definition) is 2. The average molecular weight is 284 g/mol. The normalized spacial score (nSPS) is 15.3. The molecular formula is C17H20N2O2. The second-order valence-electron chi connectivity index (χ2n) is 5.26. The Labute approximate surface area is 124 Å². The minimum atomic E-state index is -0.192. The summed E-state index contributed by atoms with van der Waals surface area (Å²) in [6, 6.07) is 10.5. The number of carbonyl (C=O) groups is 1. The topological polar surface area (TPSA) is 34.5 Å². The summed E-state index contributed by atoms with van der Waals surface area (Å²) >= 11 is 0. The molecule has 1 amide bonds. The maximum Gasteiger partial charge on any atom is 0.409 e. The SMILES string of the molecule is CCOC(=O)N1CCC(=Cn2ccc3ccccc32)CC1. The Morgan fingerprint density at radius 1 is 1.24 bits per heavy atom. The first-order valence-corrected chi connectivity index (χ1v) is 7.45. The predicted octanol–water partition coefficient (Wildman–Crippen LogP) is 3.73. The van der Waals surface area contributed by atoms with Crippen LogP contribution in [0.5, 0.6) is 0 Å². The molecule has 2 aromatic rings. The molecule has 4 heteroatoms. The van der Waals surface area contributed by atoms with E-state index in [1.54, 1.807) is 4.90 Å². The van der Waals surface area contributed by atoms with E-state index in [-0.39, 0.29) is 6.09 Å². The van der Waals surface area contributed by atoms with Crippen LogP contribution in [0.15, 0.2) is 42.1 Å². The molecule has 0 radical (unpaired) electrons. The molecule has 0 spiro atoms. The Bertz CT molecular complexity index is 662. The van der Waals surface area contributed by atoms with Gasteiger partial charge in [0.05, 0.1) is 12.1 Å². The van der Waals surface area contributed by atoms with Crippen LogP contribution >= 0.6 is 0 Å². The van der Waals surface area contributed by atoms with E-state index in [1.807, 2.05) is 6.92 Å². The van der Waals surface area contributed by atoms with E-state index < -0.39 is 0 Å². The Kier molecular flexibility index (Phi) is 3.95. The van der Waals surface area contributed by atoms with Gasteiger partial charge in [0.2, 0.25) is 0 Å². The second kappa shape index (κ2) is 6.04. The van der Waals surface area contributed by atoms with Crippen LogP contribution in [-0.2, 0) is 4.74 Å². The average Bonchev–Trinajstić information content (AvgIpc) is 2.92. The number of piperidine rings is 1. The summed E-state index contributed by atoms with van der Waals surface area (Å²) in [6.07, 6.45) is 5.92. The van der Waals surface area contributed by atoms with Crippen LogP contribution in [0, 0.1) is 0 Å². The number of para-hydroxylation sites is 1. The minimum Gasteiger partial charge on any atom is -0.450 e. The maximum atomic E-state index is 11.7. The molecule has 0 bridgehead atoms. The lowest BCUT2D eigenvalue weighted by Crippen LogP contribution is -2.36. The second-order valence-corrected chi connectivity index (χ2v) is 5.26. The molecule has 1 saturated heterocycles. The molecule has 0 aliphatic carbocycles. The fraction of sp³-hybridized carbons (Fsp3) is 0.353. The molecule has 110 valence electrons. The van der Waals surface area contributed by atoms with Gasteiger partial charge in [0.1, 0.15) is 0 Å². The number of hydrogen-bond donors (Lipinski definition) is 0. The predicted molar refractivity (Wildman–Crippen MR) is 84.0 cm³/mol. The molecule has 1 aromatic carbocycles. The minimum absolute atomic E-state index is 0.192. The van der Waals surface area contributed by atoms with Crippen molar-refractivity contribution in [3.05, 3.63) is 42.1 Å². The monoisotopic (exact) mass is 284 g/mol. The summed E-state index contributed by atoms with van der Waals surface area (Å²) in [5.41, 5.74) is 2.59. The van der Waals surface area contributed by atoms with Crippen LogP contribution < -0.4 is 0 Å². The molecule has 1 aliphatic rings. The zero-order valence-corrected chi connectivity index (χ0v) is 12.3. The van der Waals surface area contributed by atoms with Crippen LogP contribution in [0.1, 0.15) is 19.8 Å². The van der Waals surface area contributed by atoms with Crippen molar-refractivity contribution in [2.75, 3.05) is 19.7 Å². The molecule has 4 nitrogen and oxygen atoms in total. The van der Waals surface area contributed by atoms with E-state index >= 15 is 0 Å². The van der Waals surface area contributed by atoms with Gasteiger partial charge in [-0.05, 0) is 37.3 Å². The number of carbonyl (C=O) groups excluding carboxylic acids is 1. The number of ether oxygens (including phenoxy) is 1. The highest BCUT2D eigenvalue weighted by molar-refractivity contribution is 5.82. The number of nitrogens with zero attached hydrogens (tertiary/aromatic N) is 2. The number of rotatable bonds is 2. The summed E-state index contributed by atoms with van der Waals surface area (Å²) in [7, 11) is 0. The molecule has 0 N–H and O–H groups in total. The summed E-state index contributed by atoms with van der Waals surface area (Å²) in [6.45, 7) is 3.76. The largest absolute Gasteiger partial charge is 0.450 e. The van der Waals surface area contributed by atoms with Crippen molar-refractivity contribution in [1.29, 1.82) is 0 Å². The third kappa shape index (κ3) is 2.94. The number of aromatic nitrogens is 1. The van der Waals surface area contributed by atoms with E-state index in [9.17, 15) is 4.79 Å². The quantitative estimate of drug-likeness (QED) is 0.842. The van der Waals surface area contributed by atoms with Crippen LogP contribution in [0.3, 0.4) is 0 Å². The Morgan fingerprint density at radius 2 is 2.00 bits per heavy atom. The lowest BCUT2D eigenvalue weighted by Gasteiger charge is -2.27. The van der Waals surface area contributed by atoms with Crippen LogP contribution in [0.25, 0.3) is 17.1 Å². The zero-order chi connectivity index (χ0) is 14.7. The van der Waals surface area contributed by atoms with Gasteiger partial charge < -0.3 is 14.2 Å². The summed E-state index contributed by atoms with van der Waals surface area (Å²) < 4.78 is 7.21. The number of likely N-dealkylation sites (tertiary alicyclic amines) is 1. The molecule has 1 aliphatic heterocycles. The summed E-state index contributed by atoms with van der Waals surface area (Å²) in [4.78, 5) is 13.5. The van der Waals surface area contributed by atoms with Gasteiger partial charge in [-0.1, -0.05) is 23.8 Å². The van der Waals surface area contributed by atoms with E-state index in [2.05, 4.69) is 47.3 Å². The molecule has 21 heavy (non-hydrogen) atoms. The Hall–Kier alpha value is -2.23. The lowest BCUT2D eigenvalue weighted by atomic mass is 10.1. The third-order valence-electron chi connectivity index (χ3n) is 3.88. The van der Waals surface area contributed by atoms with E-state index in [1.165, 1.54) is 16.5 Å². The standard InChI is InChI=1S/C17H20N2O2/c1-2-21-17(20)18-10-7-14(8-11-18)13-19-12-9-15-5-3-4-6-16(15)19/h3-6,9,12-13H,2,7-8,10-11H2,1H3. The van der Waals surface area contributed by atoms with Gasteiger partial charge in [0, 0.05) is 25.5 Å². The highest BCUT2D eigenvalue weighted by atomic mass is 16.6. The fourth-order valence-corrected chi connectivity index (χ4v) is 2.73. The van der Waals surface area contributed by atoms with Crippen molar-refractivity contribution in [2.24, 2.45) is 0 Å². The number of fused-ring (bicyclic) bond motifs is 1. The van der Waals surface area contributed by atoms with Crippen LogP contribution in [0.2, 0.25) is 0 Å². The molecule has 3 rings (SSSR count). The first-order chi connectivity index (χ1) is 10.3. The van der Waals surface area contributed by atoms with Crippen molar-refractivity contribution >= 4 is 23.2 Å². The highest BCUT2D eigenvalue weighted by Gasteiger charge is 2.19. The molecule has 1 fully saturated rings. The first-order valence-electron chi connectivity index (χ1n) is 7.45. The third-order valence-corrected chi connectivity index (χ3v) is 3.88. The fourth-order valence-electron chi connectivity index (χ4n) is 2.73. The van der Waals surface area contributed by atoms with Gasteiger partial charge >= 0.3 is 6.09 Å². The Balaban J connectivity index is 1.70. The van der Waals surface area contributed by atoms with Gasteiger partial charge in [0.15, 0.2) is 0 Å². The van der Waals surface area contributed by atoms with Crippen molar-refractivity contribution < 1.29 is 9.53 Å². The summed E-state index contributed by atoms with van der Waals surface area (Å²) in [5.74, 6) is 0. The van der Waals surface area contributed by atoms with Crippen molar-refractivity contribution in [3.8, 4) is 0 Å². The first kappa shape index (κ1) is 13.7. The van der Waals surface area contributed by atoms with Gasteiger partial charge in [-0.2, -0.15) is 0 Å². The molecular weight excluding hydrogens is 264 g/mol. The van der Waals surface area contributed by atoms with Crippen LogP contribution in [0.4, 0.5) is 4.79 Å². The zero-order valence-electron chi connectivity index (χ0n) is 12.3. The van der Waals surface area contributed by atoms with Crippen molar-refractivity contribution in [2.45, 2.75) is 19.8 Å². The molecule has 0 saturated carbocycles. The highest BCUT2D eigenvalue weighted by Crippen LogP contribution is 2.21. The summed E-state index contributed by atoms with van der Waals surface area (Å²) in [5, 5.41) is 1.25. The van der Waals surface area contributed by atoms with E-state index in [0.29, 0.717) is 6.61 Å². The van der Waals surface area contributed by atoms with Gasteiger partial charge in [-0.25, -0.2) is 4.79 Å². The van der Waals surface area contributed by atoms with Gasteiger partial charge in [-0.3, -0.25) is 0 Å². The molecule has 0 unspecified atom stereocenters. The van der Waals surface area contributed by atoms with Gasteiger partial charge in [-0.15, -0.1) is 0 Å². The molecule has 0 atom stereocenters. The van der Waals surface area contributed by atoms with E-state index in [4.69, 9.17) is 4.74 Å². The maximum absolute atomic E-state index is 11.7. The smallest absolute Gasteiger partial charge is 0.409 e. The molecule has 1 aromatic heterocycles.